The number of carbonyl (C=O) groups excluding carboxylic acids is 8. The van der Waals surface area contributed by atoms with Gasteiger partial charge in [0, 0.05) is 39.1 Å². The van der Waals surface area contributed by atoms with Crippen molar-refractivity contribution in [2.24, 2.45) is 67.5 Å². The third-order valence-electron chi connectivity index (χ3n) is 12.2. The van der Waals surface area contributed by atoms with Gasteiger partial charge in [-0.2, -0.15) is 0 Å². The molecule has 27 nitrogen and oxygen atoms in total. The largest absolute Gasteiger partial charge is 0.508 e. The van der Waals surface area contributed by atoms with Crippen LogP contribution in [0.15, 0.2) is 34.3 Å². The molecule has 6 atom stereocenters. The van der Waals surface area contributed by atoms with E-state index in [-0.39, 0.29) is 94.8 Å². The van der Waals surface area contributed by atoms with Crippen LogP contribution in [0.5, 0.6) is 5.75 Å². The molecule has 0 aliphatic rings. The quantitative estimate of drug-likeness (QED) is 0.0171. The molecule has 0 bridgehead atoms. The molecule has 1 rings (SSSR count). The zero-order valence-corrected chi connectivity index (χ0v) is 45.5. The molecule has 0 saturated carbocycles. The normalized spacial score (nSPS) is 13.4. The summed E-state index contributed by atoms with van der Waals surface area (Å²) in [5, 5.41) is 23.4. The van der Waals surface area contributed by atoms with E-state index in [2.05, 4.69) is 36.6 Å². The lowest BCUT2D eigenvalue weighted by atomic mass is 10.0. The van der Waals surface area contributed by atoms with E-state index in [0.29, 0.717) is 57.2 Å². The number of hydrogen-bond donors (Lipinski definition) is 15. The van der Waals surface area contributed by atoms with Crippen LogP contribution in [-0.4, -0.2) is 169 Å². The van der Waals surface area contributed by atoms with E-state index in [9.17, 15) is 43.5 Å². The van der Waals surface area contributed by atoms with Crippen LogP contribution >= 0.6 is 0 Å². The van der Waals surface area contributed by atoms with Gasteiger partial charge in [-0.15, -0.1) is 0 Å². The summed E-state index contributed by atoms with van der Waals surface area (Å²) in [4.78, 5) is 121. The highest BCUT2D eigenvalue weighted by Crippen LogP contribution is 2.15. The molecule has 0 unspecified atom stereocenters. The highest BCUT2D eigenvalue weighted by Gasteiger charge is 2.34. The van der Waals surface area contributed by atoms with Crippen molar-refractivity contribution in [2.75, 3.05) is 58.9 Å². The summed E-state index contributed by atoms with van der Waals surface area (Å²) in [6, 6.07) is -1.59. The molecular formula is C50H92N18O9. The fourth-order valence-electron chi connectivity index (χ4n) is 7.97. The second kappa shape index (κ2) is 38.7. The molecule has 436 valence electrons. The maximum Gasteiger partial charge on any atom is 0.245 e. The summed E-state index contributed by atoms with van der Waals surface area (Å²) >= 11 is 0. The van der Waals surface area contributed by atoms with Gasteiger partial charge < -0.3 is 93.1 Å². The molecule has 77 heavy (non-hydrogen) atoms. The first kappa shape index (κ1) is 68.2. The smallest absolute Gasteiger partial charge is 0.245 e. The Bertz CT molecular complexity index is 2040. The van der Waals surface area contributed by atoms with Crippen molar-refractivity contribution < 1.29 is 43.5 Å². The molecule has 27 heteroatoms. The molecule has 0 saturated heterocycles. The first-order valence-electron chi connectivity index (χ1n) is 26.7. The van der Waals surface area contributed by atoms with E-state index in [0.717, 1.165) is 19.3 Å². The Morgan fingerprint density at radius 2 is 1.03 bits per heavy atom. The second-order valence-corrected chi connectivity index (χ2v) is 19.4. The summed E-state index contributed by atoms with van der Waals surface area (Å²) in [5.74, 6) is -5.89. The van der Waals surface area contributed by atoms with E-state index in [4.69, 9.17) is 51.6 Å². The number of carbonyl (C=O) groups is 8. The summed E-state index contributed by atoms with van der Waals surface area (Å²) in [7, 11) is 0. The molecule has 0 aliphatic heterocycles. The lowest BCUT2D eigenvalue weighted by Gasteiger charge is -2.29. The summed E-state index contributed by atoms with van der Waals surface area (Å²) in [5.41, 5.74) is 51.5. The fourth-order valence-corrected chi connectivity index (χ4v) is 7.97. The Labute approximate surface area is 453 Å². The zero-order valence-electron chi connectivity index (χ0n) is 45.5. The molecule has 1 aromatic rings. The molecule has 0 radical (unpaired) electrons. The average molecular weight is 1090 g/mol. The van der Waals surface area contributed by atoms with Gasteiger partial charge in [0.05, 0.1) is 19.1 Å². The molecular weight excluding hydrogens is 997 g/mol. The molecule has 24 N–H and O–H groups in total. The van der Waals surface area contributed by atoms with E-state index in [1.165, 1.54) is 34.1 Å². The Morgan fingerprint density at radius 3 is 1.57 bits per heavy atom. The number of nitrogens with zero attached hydrogens (tertiary/aromatic N) is 4. The number of nitrogens with two attached hydrogens (primary N) is 9. The number of aromatic hydroxyl groups is 1. The number of aliphatic imine (C=N–C) groups is 2. The number of phenols is 1. The van der Waals surface area contributed by atoms with Gasteiger partial charge in [0.15, 0.2) is 11.9 Å². The van der Waals surface area contributed by atoms with Crippen molar-refractivity contribution in [3.05, 3.63) is 29.8 Å². The van der Waals surface area contributed by atoms with Crippen LogP contribution in [0.2, 0.25) is 0 Å². The summed E-state index contributed by atoms with van der Waals surface area (Å²) in [6.07, 6.45) is 5.79. The maximum absolute atomic E-state index is 14.3. The topological polar surface area (TPSA) is 482 Å². The Kier molecular flexibility index (Phi) is 34.2. The van der Waals surface area contributed by atoms with Crippen molar-refractivity contribution in [1.29, 1.82) is 0 Å². The van der Waals surface area contributed by atoms with E-state index < -0.39 is 96.6 Å². The van der Waals surface area contributed by atoms with Gasteiger partial charge in [0.25, 0.3) is 0 Å². The Hall–Kier alpha value is -6.84. The van der Waals surface area contributed by atoms with Gasteiger partial charge in [0.2, 0.25) is 47.3 Å². The summed E-state index contributed by atoms with van der Waals surface area (Å²) in [6.45, 7) is 5.96. The molecule has 0 aromatic heterocycles. The van der Waals surface area contributed by atoms with Gasteiger partial charge in [-0.3, -0.25) is 48.3 Å². The van der Waals surface area contributed by atoms with E-state index in [1.807, 2.05) is 13.8 Å². The molecule has 0 aliphatic carbocycles. The van der Waals surface area contributed by atoms with Crippen molar-refractivity contribution in [1.82, 2.24) is 36.4 Å². The minimum absolute atomic E-state index is 0.00195. The van der Waals surface area contributed by atoms with Crippen LogP contribution in [0.4, 0.5) is 0 Å². The lowest BCUT2D eigenvalue weighted by Crippen LogP contribution is -2.61. The van der Waals surface area contributed by atoms with Gasteiger partial charge in [-0.1, -0.05) is 52.2 Å². The zero-order chi connectivity index (χ0) is 57.9. The standard InChI is InChI=1S/C50H92N18O9/c1-4-13-36(63-44(73)37(15-12-25-61-50(58)59)62-42(71)31-68(26-9-6-5-7-22-51)47(76)35(54)14-11-24-60-49(56)57)43(72)65-39(28-33-17-19-34(69)20-18-33)45(74)66-40(29-53)46(75)64-38(21-16-32(2)3)48(77)67(30-41(55)70)27-10-8-23-52/h17-20,32,35-40,69H,4-16,21-31,51-54H2,1-3H3,(H2,55,70)(H,62,71)(H,63,73)(H,64,75)(H,65,72)(H,66,74)(H4,56,57,60)(H4,58,59,61)/t35-,36-,37-,38-,39-,40-/m0/s1. The Morgan fingerprint density at radius 1 is 0.545 bits per heavy atom. The molecule has 1 aromatic carbocycles. The van der Waals surface area contributed by atoms with Gasteiger partial charge in [-0.05, 0) is 107 Å². The third kappa shape index (κ3) is 29.3. The van der Waals surface area contributed by atoms with Crippen molar-refractivity contribution in [2.45, 2.75) is 153 Å². The monoisotopic (exact) mass is 1090 g/mol. The maximum atomic E-state index is 14.3. The predicted octanol–water partition coefficient (Wildman–Crippen LogP) is -3.61. The number of unbranched alkanes of at least 4 members (excludes halogenated alkanes) is 4. The number of benzene rings is 1. The van der Waals surface area contributed by atoms with Crippen LogP contribution in [-0.2, 0) is 44.8 Å². The first-order chi connectivity index (χ1) is 36.6. The lowest BCUT2D eigenvalue weighted by molar-refractivity contribution is -0.140. The first-order valence-corrected chi connectivity index (χ1v) is 26.7. The number of primary amides is 1. The molecule has 0 heterocycles. The van der Waals surface area contributed by atoms with Crippen molar-refractivity contribution in [3.8, 4) is 5.75 Å². The Balaban J connectivity index is 3.52. The minimum atomic E-state index is -1.42. The number of nitrogens with one attached hydrogen (secondary N) is 5. The number of phenolic OH excluding ortho intramolecular Hbond substituents is 1. The van der Waals surface area contributed by atoms with Gasteiger partial charge in [0.1, 0.15) is 36.0 Å². The highest BCUT2D eigenvalue weighted by atomic mass is 16.3. The van der Waals surface area contributed by atoms with Crippen LogP contribution in [0.3, 0.4) is 0 Å². The van der Waals surface area contributed by atoms with E-state index >= 15 is 0 Å². The SMILES string of the molecule is CCC[C@H](NC(=O)[C@H](CCCN=C(N)N)NC(=O)CN(CCCCCCN)C(=O)[C@@H](N)CCCN=C(N)N)C(=O)N[C@@H](Cc1ccc(O)cc1)C(=O)N[C@@H](CN)C(=O)N[C@@H](CCC(C)C)C(=O)N(CCCCN)CC(N)=O. The van der Waals surface area contributed by atoms with Crippen LogP contribution in [0.25, 0.3) is 0 Å². The van der Waals surface area contributed by atoms with E-state index in [1.54, 1.807) is 6.92 Å². The number of rotatable bonds is 41. The van der Waals surface area contributed by atoms with Gasteiger partial charge >= 0.3 is 0 Å². The molecule has 0 fully saturated rings. The average Bonchev–Trinajstić information content (AvgIpc) is 3.37. The number of guanidine groups is 2. The van der Waals surface area contributed by atoms with Crippen molar-refractivity contribution in [3.63, 3.8) is 0 Å². The molecule has 8 amide bonds. The molecule has 0 spiro atoms. The second-order valence-electron chi connectivity index (χ2n) is 19.4. The van der Waals surface area contributed by atoms with Crippen LogP contribution < -0.4 is 78.2 Å². The number of amides is 8. The minimum Gasteiger partial charge on any atom is -0.508 e. The van der Waals surface area contributed by atoms with Crippen molar-refractivity contribution >= 4 is 59.2 Å². The van der Waals surface area contributed by atoms with Crippen LogP contribution in [0.1, 0.15) is 116 Å². The van der Waals surface area contributed by atoms with Gasteiger partial charge in [-0.25, -0.2) is 0 Å². The number of hydrogen-bond acceptors (Lipinski definition) is 15. The summed E-state index contributed by atoms with van der Waals surface area (Å²) < 4.78 is 0. The predicted molar refractivity (Wildman–Crippen MR) is 295 cm³/mol. The fraction of sp³-hybridized carbons (Fsp3) is 0.680. The highest BCUT2D eigenvalue weighted by molar-refractivity contribution is 5.97. The third-order valence-corrected chi connectivity index (χ3v) is 12.2. The van der Waals surface area contributed by atoms with Crippen LogP contribution in [0, 0.1) is 5.92 Å².